The van der Waals surface area contributed by atoms with Gasteiger partial charge in [0.25, 0.3) is 5.56 Å². The molecule has 0 bridgehead atoms. The second-order valence-electron chi connectivity index (χ2n) is 2.66. The Labute approximate surface area is 82.2 Å². The summed E-state index contributed by atoms with van der Waals surface area (Å²) in [6.45, 7) is 0. The van der Waals surface area contributed by atoms with E-state index >= 15 is 0 Å². The van der Waals surface area contributed by atoms with E-state index in [1.54, 1.807) is 18.3 Å². The minimum absolute atomic E-state index is 0.0000463. The molecule has 0 atom stereocenters. The van der Waals surface area contributed by atoms with Gasteiger partial charge in [0.05, 0.1) is 5.39 Å². The third-order valence-electron chi connectivity index (χ3n) is 1.86. The van der Waals surface area contributed by atoms with Gasteiger partial charge >= 0.3 is 0 Å². The van der Waals surface area contributed by atoms with E-state index in [1.807, 2.05) is 0 Å². The molecule has 0 aliphatic heterocycles. The van der Waals surface area contributed by atoms with Crippen LogP contribution in [0.5, 0.6) is 5.75 Å². The maximum atomic E-state index is 11.3. The number of benzene rings is 1. The van der Waals surface area contributed by atoms with Gasteiger partial charge in [-0.05, 0) is 18.2 Å². The number of phenolic OH excluding ortho intramolecular Hbond substituents is 1. The quantitative estimate of drug-likeness (QED) is 0.739. The van der Waals surface area contributed by atoms with E-state index in [0.717, 1.165) is 4.47 Å². The molecule has 66 valence electrons. The summed E-state index contributed by atoms with van der Waals surface area (Å²) in [5, 5.41) is 10.5. The van der Waals surface area contributed by atoms with Crippen molar-refractivity contribution in [1.29, 1.82) is 0 Å². The SMILES string of the molecule is O=c1[nH]ccc2c(Br)ccc(O)c12. The highest BCUT2D eigenvalue weighted by atomic mass is 79.9. The van der Waals surface area contributed by atoms with Crippen LogP contribution in [0, 0.1) is 0 Å². The third-order valence-corrected chi connectivity index (χ3v) is 2.55. The van der Waals surface area contributed by atoms with Crippen molar-refractivity contribution in [1.82, 2.24) is 4.98 Å². The van der Waals surface area contributed by atoms with Gasteiger partial charge in [-0.25, -0.2) is 0 Å². The van der Waals surface area contributed by atoms with Crippen LogP contribution in [0.1, 0.15) is 0 Å². The summed E-state index contributed by atoms with van der Waals surface area (Å²) in [6.07, 6.45) is 1.55. The van der Waals surface area contributed by atoms with Crippen LogP contribution in [0.25, 0.3) is 10.8 Å². The third kappa shape index (κ3) is 1.23. The van der Waals surface area contributed by atoms with Gasteiger partial charge in [0.15, 0.2) is 0 Å². The molecule has 0 fully saturated rings. The lowest BCUT2D eigenvalue weighted by Gasteiger charge is -2.00. The maximum absolute atomic E-state index is 11.3. The van der Waals surface area contributed by atoms with Crippen molar-refractivity contribution < 1.29 is 5.11 Å². The second-order valence-corrected chi connectivity index (χ2v) is 3.52. The molecule has 13 heavy (non-hydrogen) atoms. The molecule has 2 aromatic rings. The van der Waals surface area contributed by atoms with Crippen LogP contribution in [0.3, 0.4) is 0 Å². The minimum atomic E-state index is -0.281. The van der Waals surface area contributed by atoms with E-state index in [0.29, 0.717) is 10.8 Å². The van der Waals surface area contributed by atoms with E-state index in [9.17, 15) is 9.90 Å². The molecule has 1 heterocycles. The van der Waals surface area contributed by atoms with Gasteiger partial charge in [0.1, 0.15) is 5.75 Å². The number of aromatic nitrogens is 1. The highest BCUT2D eigenvalue weighted by molar-refractivity contribution is 9.10. The summed E-state index contributed by atoms with van der Waals surface area (Å²) in [5.41, 5.74) is -0.281. The Morgan fingerprint density at radius 3 is 2.77 bits per heavy atom. The molecule has 0 amide bonds. The molecule has 3 nitrogen and oxygen atoms in total. The molecule has 2 rings (SSSR count). The molecule has 0 saturated heterocycles. The Kier molecular flexibility index (Phi) is 1.84. The first kappa shape index (κ1) is 8.31. The fourth-order valence-electron chi connectivity index (χ4n) is 1.26. The van der Waals surface area contributed by atoms with Gasteiger partial charge < -0.3 is 10.1 Å². The number of hydrogen-bond donors (Lipinski definition) is 2. The van der Waals surface area contributed by atoms with Crippen LogP contribution in [-0.2, 0) is 0 Å². The second kappa shape index (κ2) is 2.88. The minimum Gasteiger partial charge on any atom is -0.507 e. The number of fused-ring (bicyclic) bond motifs is 1. The summed E-state index contributed by atoms with van der Waals surface area (Å²) in [6, 6.07) is 4.93. The monoisotopic (exact) mass is 239 g/mol. The molecular weight excluding hydrogens is 234 g/mol. The van der Waals surface area contributed by atoms with Crippen LogP contribution in [0.15, 0.2) is 33.7 Å². The predicted molar refractivity (Wildman–Crippen MR) is 53.9 cm³/mol. The fraction of sp³-hybridized carbons (Fsp3) is 0. The molecule has 0 unspecified atom stereocenters. The van der Waals surface area contributed by atoms with Gasteiger partial charge in [-0.3, -0.25) is 4.79 Å². The largest absolute Gasteiger partial charge is 0.507 e. The van der Waals surface area contributed by atoms with Gasteiger partial charge in [0.2, 0.25) is 0 Å². The first-order valence-electron chi connectivity index (χ1n) is 3.69. The van der Waals surface area contributed by atoms with E-state index in [-0.39, 0.29) is 11.3 Å². The number of hydrogen-bond acceptors (Lipinski definition) is 2. The highest BCUT2D eigenvalue weighted by Gasteiger charge is 2.05. The molecule has 4 heteroatoms. The van der Waals surface area contributed by atoms with Crippen molar-refractivity contribution in [3.63, 3.8) is 0 Å². The summed E-state index contributed by atoms with van der Waals surface area (Å²) in [5.74, 6) is 0.0000463. The maximum Gasteiger partial charge on any atom is 0.259 e. The lowest BCUT2D eigenvalue weighted by Crippen LogP contribution is -2.04. The van der Waals surface area contributed by atoms with Crippen molar-refractivity contribution in [2.45, 2.75) is 0 Å². The molecule has 1 aromatic carbocycles. The summed E-state index contributed by atoms with van der Waals surface area (Å²) in [7, 11) is 0. The summed E-state index contributed by atoms with van der Waals surface area (Å²) < 4.78 is 0.798. The summed E-state index contributed by atoms with van der Waals surface area (Å²) in [4.78, 5) is 13.8. The highest BCUT2D eigenvalue weighted by Crippen LogP contribution is 2.27. The molecule has 2 N–H and O–H groups in total. The number of pyridine rings is 1. The molecule has 0 saturated carbocycles. The number of nitrogens with one attached hydrogen (secondary N) is 1. The van der Waals surface area contributed by atoms with Crippen molar-refractivity contribution >= 4 is 26.7 Å². The van der Waals surface area contributed by atoms with Gasteiger partial charge in [-0.1, -0.05) is 15.9 Å². The Hall–Kier alpha value is -1.29. The zero-order valence-electron chi connectivity index (χ0n) is 6.54. The molecule has 1 aromatic heterocycles. The first-order valence-corrected chi connectivity index (χ1v) is 4.48. The molecular formula is C9H6BrNO2. The van der Waals surface area contributed by atoms with Gasteiger partial charge in [-0.15, -0.1) is 0 Å². The first-order chi connectivity index (χ1) is 6.20. The van der Waals surface area contributed by atoms with Crippen molar-refractivity contribution in [3.05, 3.63) is 39.2 Å². The van der Waals surface area contributed by atoms with Crippen molar-refractivity contribution in [2.24, 2.45) is 0 Å². The van der Waals surface area contributed by atoms with E-state index < -0.39 is 0 Å². The molecule has 0 aliphatic carbocycles. The summed E-state index contributed by atoms with van der Waals surface area (Å²) >= 11 is 3.30. The zero-order valence-corrected chi connectivity index (χ0v) is 8.13. The van der Waals surface area contributed by atoms with Crippen molar-refractivity contribution in [3.8, 4) is 5.75 Å². The lowest BCUT2D eigenvalue weighted by molar-refractivity contribution is 0.481. The topological polar surface area (TPSA) is 53.1 Å². The number of halogens is 1. The standard InChI is InChI=1S/C9H6BrNO2/c10-6-1-2-7(12)8-5(6)3-4-11-9(8)13/h1-4,12H,(H,11,13). The van der Waals surface area contributed by atoms with Crippen molar-refractivity contribution in [2.75, 3.05) is 0 Å². The number of H-pyrrole nitrogens is 1. The smallest absolute Gasteiger partial charge is 0.259 e. The average molecular weight is 240 g/mol. The Morgan fingerprint density at radius 1 is 1.31 bits per heavy atom. The average Bonchev–Trinajstić information content (AvgIpc) is 2.12. The molecule has 0 spiro atoms. The van der Waals surface area contributed by atoms with Crippen LogP contribution in [-0.4, -0.2) is 10.1 Å². The van der Waals surface area contributed by atoms with Gasteiger partial charge in [0, 0.05) is 16.1 Å². The molecule has 0 radical (unpaired) electrons. The Bertz CT molecular complexity index is 518. The zero-order chi connectivity index (χ0) is 9.42. The van der Waals surface area contributed by atoms with E-state index in [4.69, 9.17) is 0 Å². The van der Waals surface area contributed by atoms with Crippen LogP contribution < -0.4 is 5.56 Å². The fourth-order valence-corrected chi connectivity index (χ4v) is 1.72. The lowest BCUT2D eigenvalue weighted by atomic mass is 10.1. The molecule has 0 aliphatic rings. The van der Waals surface area contributed by atoms with Crippen LogP contribution in [0.4, 0.5) is 0 Å². The van der Waals surface area contributed by atoms with Crippen LogP contribution in [0.2, 0.25) is 0 Å². The Morgan fingerprint density at radius 2 is 2.08 bits per heavy atom. The van der Waals surface area contributed by atoms with E-state index in [2.05, 4.69) is 20.9 Å². The number of aromatic hydroxyl groups is 1. The Balaban J connectivity index is 3.09. The number of phenols is 1. The van der Waals surface area contributed by atoms with Crippen LogP contribution >= 0.6 is 15.9 Å². The normalized spacial score (nSPS) is 10.5. The predicted octanol–water partition coefficient (Wildman–Crippen LogP) is 2.00. The number of aromatic amines is 1. The number of rotatable bonds is 0. The van der Waals surface area contributed by atoms with Gasteiger partial charge in [-0.2, -0.15) is 0 Å². The van der Waals surface area contributed by atoms with E-state index in [1.165, 1.54) is 6.07 Å².